The standard InChI is InChI=1S/C24H34N2O7S/c1-3-32-23(28)17-12-18(24(29)33-4-2)14-19(13-17)25-15-22(27)26(20-8-6-5-7-9-20)21-10-11-34(30,31)16-21/h12-14,20-21,25H,3-11,15-16H2,1-2H3. The topological polar surface area (TPSA) is 119 Å². The molecule has 10 heteroatoms. The van der Waals surface area contributed by atoms with Gasteiger partial charge in [0.15, 0.2) is 9.84 Å². The molecule has 1 unspecified atom stereocenters. The number of sulfone groups is 1. The van der Waals surface area contributed by atoms with Gasteiger partial charge in [-0.2, -0.15) is 0 Å². The number of nitrogens with zero attached hydrogens (tertiary/aromatic N) is 1. The Bertz CT molecular complexity index is 966. The number of anilines is 1. The van der Waals surface area contributed by atoms with Crippen LogP contribution in [-0.4, -0.2) is 74.5 Å². The van der Waals surface area contributed by atoms with Crippen molar-refractivity contribution in [1.29, 1.82) is 0 Å². The van der Waals surface area contributed by atoms with Gasteiger partial charge in [-0.25, -0.2) is 18.0 Å². The number of nitrogens with one attached hydrogen (secondary N) is 1. The highest BCUT2D eigenvalue weighted by Crippen LogP contribution is 2.28. The molecular formula is C24H34N2O7S. The molecule has 1 saturated carbocycles. The number of hydrogen-bond donors (Lipinski definition) is 1. The van der Waals surface area contributed by atoms with Gasteiger partial charge in [0, 0.05) is 17.8 Å². The van der Waals surface area contributed by atoms with Crippen LogP contribution in [0.4, 0.5) is 5.69 Å². The summed E-state index contributed by atoms with van der Waals surface area (Å²) < 4.78 is 34.3. The van der Waals surface area contributed by atoms with E-state index in [9.17, 15) is 22.8 Å². The Morgan fingerprint density at radius 1 is 0.912 bits per heavy atom. The molecule has 1 heterocycles. The summed E-state index contributed by atoms with van der Waals surface area (Å²) in [6.07, 6.45) is 5.35. The highest BCUT2D eigenvalue weighted by atomic mass is 32.2. The number of carbonyl (C=O) groups excluding carboxylic acids is 3. The van der Waals surface area contributed by atoms with Crippen LogP contribution < -0.4 is 5.32 Å². The average molecular weight is 495 g/mol. The van der Waals surface area contributed by atoms with Crippen LogP contribution in [-0.2, 0) is 24.1 Å². The van der Waals surface area contributed by atoms with Crippen LogP contribution in [0.2, 0.25) is 0 Å². The van der Waals surface area contributed by atoms with Gasteiger partial charge in [-0.1, -0.05) is 19.3 Å². The second-order valence-electron chi connectivity index (χ2n) is 8.74. The fourth-order valence-corrected chi connectivity index (χ4v) is 6.43. The van der Waals surface area contributed by atoms with Crippen molar-refractivity contribution in [2.75, 3.05) is 36.6 Å². The minimum absolute atomic E-state index is 0.000585. The summed E-state index contributed by atoms with van der Waals surface area (Å²) in [5.74, 6) is -1.24. The minimum Gasteiger partial charge on any atom is -0.462 e. The third kappa shape index (κ3) is 6.71. The lowest BCUT2D eigenvalue weighted by molar-refractivity contribution is -0.134. The molecule has 0 bridgehead atoms. The van der Waals surface area contributed by atoms with Crippen molar-refractivity contribution >= 4 is 33.4 Å². The SMILES string of the molecule is CCOC(=O)c1cc(NCC(=O)N(C2CCCCC2)C2CCS(=O)(=O)C2)cc(C(=O)OCC)c1. The summed E-state index contributed by atoms with van der Waals surface area (Å²) in [5, 5.41) is 3.03. The van der Waals surface area contributed by atoms with Gasteiger partial charge in [0.1, 0.15) is 0 Å². The van der Waals surface area contributed by atoms with E-state index in [-0.39, 0.29) is 60.4 Å². The third-order valence-corrected chi connectivity index (χ3v) is 8.01. The Hall–Kier alpha value is -2.62. The number of esters is 2. The van der Waals surface area contributed by atoms with Crippen molar-refractivity contribution in [2.45, 2.75) is 64.5 Å². The summed E-state index contributed by atoms with van der Waals surface area (Å²) in [5.41, 5.74) is 0.756. The number of amides is 1. The second-order valence-corrected chi connectivity index (χ2v) is 11.0. The summed E-state index contributed by atoms with van der Waals surface area (Å²) in [6, 6.07) is 4.17. The van der Waals surface area contributed by atoms with Crippen molar-refractivity contribution in [3.8, 4) is 0 Å². The van der Waals surface area contributed by atoms with Crippen LogP contribution in [0.1, 0.15) is 73.1 Å². The number of rotatable bonds is 9. The van der Waals surface area contributed by atoms with E-state index in [1.165, 1.54) is 18.2 Å². The first-order chi connectivity index (χ1) is 16.2. The molecule has 3 rings (SSSR count). The van der Waals surface area contributed by atoms with Gasteiger partial charge in [-0.05, 0) is 51.3 Å². The lowest BCUT2D eigenvalue weighted by atomic mass is 9.93. The first-order valence-electron chi connectivity index (χ1n) is 12.0. The van der Waals surface area contributed by atoms with E-state index in [2.05, 4.69) is 5.32 Å². The van der Waals surface area contributed by atoms with E-state index < -0.39 is 21.8 Å². The van der Waals surface area contributed by atoms with E-state index in [1.54, 1.807) is 18.7 Å². The molecule has 0 spiro atoms. The normalized spacial score (nSPS) is 19.9. The van der Waals surface area contributed by atoms with Crippen LogP contribution in [0.25, 0.3) is 0 Å². The van der Waals surface area contributed by atoms with E-state index in [1.807, 2.05) is 0 Å². The molecule has 34 heavy (non-hydrogen) atoms. The average Bonchev–Trinajstić information content (AvgIpc) is 3.17. The first-order valence-corrected chi connectivity index (χ1v) is 13.8. The number of carbonyl (C=O) groups is 3. The van der Waals surface area contributed by atoms with Crippen LogP contribution >= 0.6 is 0 Å². The zero-order valence-electron chi connectivity index (χ0n) is 19.9. The molecule has 1 aromatic carbocycles. The van der Waals surface area contributed by atoms with Gasteiger partial charge in [-0.3, -0.25) is 4.79 Å². The van der Waals surface area contributed by atoms with Crippen molar-refractivity contribution in [3.63, 3.8) is 0 Å². The molecule has 1 aliphatic heterocycles. The van der Waals surface area contributed by atoms with Gasteiger partial charge in [0.25, 0.3) is 0 Å². The van der Waals surface area contributed by atoms with Crippen LogP contribution in [0.3, 0.4) is 0 Å². The van der Waals surface area contributed by atoms with Gasteiger partial charge in [0.2, 0.25) is 5.91 Å². The van der Waals surface area contributed by atoms with Crippen molar-refractivity contribution in [2.24, 2.45) is 0 Å². The molecule has 1 amide bonds. The molecule has 0 radical (unpaired) electrons. The Balaban J connectivity index is 1.79. The quantitative estimate of drug-likeness (QED) is 0.521. The van der Waals surface area contributed by atoms with Gasteiger partial charge in [-0.15, -0.1) is 0 Å². The molecule has 0 aromatic heterocycles. The Morgan fingerprint density at radius 2 is 1.50 bits per heavy atom. The van der Waals surface area contributed by atoms with Gasteiger partial charge < -0.3 is 19.7 Å². The number of benzene rings is 1. The van der Waals surface area contributed by atoms with Crippen molar-refractivity contribution in [1.82, 2.24) is 4.90 Å². The monoisotopic (exact) mass is 494 g/mol. The summed E-state index contributed by atoms with van der Waals surface area (Å²) in [6.45, 7) is 3.66. The molecule has 1 N–H and O–H groups in total. The predicted molar refractivity (Wildman–Crippen MR) is 128 cm³/mol. The van der Waals surface area contributed by atoms with E-state index in [4.69, 9.17) is 9.47 Å². The van der Waals surface area contributed by atoms with Crippen molar-refractivity contribution in [3.05, 3.63) is 29.3 Å². The predicted octanol–water partition coefficient (Wildman–Crippen LogP) is 2.80. The molecule has 1 saturated heterocycles. The second kappa shape index (κ2) is 11.7. The zero-order chi connectivity index (χ0) is 24.7. The Labute approximate surface area is 201 Å². The largest absolute Gasteiger partial charge is 0.462 e. The number of ether oxygens (including phenoxy) is 2. The molecule has 1 atom stereocenters. The molecular weight excluding hydrogens is 460 g/mol. The maximum absolute atomic E-state index is 13.3. The lowest BCUT2D eigenvalue weighted by Crippen LogP contribution is -2.50. The van der Waals surface area contributed by atoms with E-state index in [0.717, 1.165) is 32.1 Å². The Kier molecular flexibility index (Phi) is 8.93. The first kappa shape index (κ1) is 26.0. The summed E-state index contributed by atoms with van der Waals surface area (Å²) in [7, 11) is -3.14. The molecule has 1 aromatic rings. The molecule has 2 aliphatic rings. The smallest absolute Gasteiger partial charge is 0.338 e. The fourth-order valence-electron chi connectivity index (χ4n) is 4.72. The summed E-state index contributed by atoms with van der Waals surface area (Å²) in [4.78, 5) is 39.7. The van der Waals surface area contributed by atoms with Crippen LogP contribution in [0, 0.1) is 0 Å². The van der Waals surface area contributed by atoms with E-state index in [0.29, 0.717) is 12.1 Å². The van der Waals surface area contributed by atoms with E-state index >= 15 is 0 Å². The minimum atomic E-state index is -3.14. The number of hydrogen-bond acceptors (Lipinski definition) is 8. The Morgan fingerprint density at radius 3 is 2.00 bits per heavy atom. The van der Waals surface area contributed by atoms with Gasteiger partial charge >= 0.3 is 11.9 Å². The fraction of sp³-hybridized carbons (Fsp3) is 0.625. The maximum Gasteiger partial charge on any atom is 0.338 e. The molecule has 188 valence electrons. The molecule has 9 nitrogen and oxygen atoms in total. The highest BCUT2D eigenvalue weighted by molar-refractivity contribution is 7.91. The molecule has 2 fully saturated rings. The third-order valence-electron chi connectivity index (χ3n) is 6.26. The highest BCUT2D eigenvalue weighted by Gasteiger charge is 2.38. The van der Waals surface area contributed by atoms with Gasteiger partial charge in [0.05, 0.1) is 42.4 Å². The van der Waals surface area contributed by atoms with Crippen LogP contribution in [0.15, 0.2) is 18.2 Å². The zero-order valence-corrected chi connectivity index (χ0v) is 20.7. The maximum atomic E-state index is 13.3. The van der Waals surface area contributed by atoms with Crippen molar-refractivity contribution < 1.29 is 32.3 Å². The molecule has 1 aliphatic carbocycles. The van der Waals surface area contributed by atoms with Crippen LogP contribution in [0.5, 0.6) is 0 Å². The summed E-state index contributed by atoms with van der Waals surface area (Å²) >= 11 is 0. The lowest BCUT2D eigenvalue weighted by Gasteiger charge is -2.38.